The normalized spacial score (nSPS) is 10.8. The lowest BCUT2D eigenvalue weighted by Crippen LogP contribution is -2.05. The first-order valence-electron chi connectivity index (χ1n) is 7.00. The smallest absolute Gasteiger partial charge is 0.183 e. The summed E-state index contributed by atoms with van der Waals surface area (Å²) in [5.41, 5.74) is 3.54. The Kier molecular flexibility index (Phi) is 4.06. The molecule has 1 N–H and O–H groups in total. The second kappa shape index (κ2) is 6.14. The number of hydrogen-bond acceptors (Lipinski definition) is 4. The molecule has 0 bridgehead atoms. The molecular formula is C17H18N2OS. The first-order chi connectivity index (χ1) is 10.3. The summed E-state index contributed by atoms with van der Waals surface area (Å²) in [5, 5.41) is 4.39. The number of benzene rings is 2. The van der Waals surface area contributed by atoms with Gasteiger partial charge in [0.15, 0.2) is 5.13 Å². The Morgan fingerprint density at radius 3 is 2.81 bits per heavy atom. The lowest BCUT2D eigenvalue weighted by molar-refractivity contribution is 0.410. The van der Waals surface area contributed by atoms with E-state index in [1.165, 1.54) is 15.8 Å². The zero-order valence-corrected chi connectivity index (χ0v) is 13.0. The molecule has 2 aromatic carbocycles. The first-order valence-corrected chi connectivity index (χ1v) is 7.81. The lowest BCUT2D eigenvalue weighted by atomic mass is 10.1. The molecule has 0 spiro atoms. The van der Waals surface area contributed by atoms with Crippen LogP contribution >= 0.6 is 11.3 Å². The molecule has 21 heavy (non-hydrogen) atoms. The predicted octanol–water partition coefficient (Wildman–Crippen LogP) is 4.27. The molecule has 0 unspecified atom stereocenters. The zero-order valence-electron chi connectivity index (χ0n) is 12.2. The summed E-state index contributed by atoms with van der Waals surface area (Å²) >= 11 is 1.70. The van der Waals surface area contributed by atoms with Crippen LogP contribution in [0.1, 0.15) is 11.1 Å². The van der Waals surface area contributed by atoms with Crippen molar-refractivity contribution in [2.45, 2.75) is 13.3 Å². The molecule has 3 nitrogen and oxygen atoms in total. The number of methoxy groups -OCH3 is 1. The van der Waals surface area contributed by atoms with Crippen LogP contribution in [-0.2, 0) is 6.42 Å². The van der Waals surface area contributed by atoms with Gasteiger partial charge in [0, 0.05) is 6.54 Å². The maximum atomic E-state index is 5.37. The summed E-state index contributed by atoms with van der Waals surface area (Å²) in [6.45, 7) is 2.94. The highest BCUT2D eigenvalue weighted by molar-refractivity contribution is 7.22. The van der Waals surface area contributed by atoms with Crippen LogP contribution in [0.2, 0.25) is 0 Å². The van der Waals surface area contributed by atoms with E-state index < -0.39 is 0 Å². The molecule has 4 heteroatoms. The molecule has 1 heterocycles. The van der Waals surface area contributed by atoms with E-state index in [0.29, 0.717) is 0 Å². The largest absolute Gasteiger partial charge is 0.496 e. The quantitative estimate of drug-likeness (QED) is 0.764. The number of aryl methyl sites for hydroxylation is 1. The van der Waals surface area contributed by atoms with E-state index >= 15 is 0 Å². The highest BCUT2D eigenvalue weighted by atomic mass is 32.1. The minimum atomic E-state index is 0.846. The fraction of sp³-hybridized carbons (Fsp3) is 0.235. The van der Waals surface area contributed by atoms with Gasteiger partial charge in [-0.3, -0.25) is 0 Å². The van der Waals surface area contributed by atoms with Crippen LogP contribution in [0, 0.1) is 6.92 Å². The van der Waals surface area contributed by atoms with Crippen molar-refractivity contribution < 1.29 is 4.74 Å². The van der Waals surface area contributed by atoms with E-state index in [1.807, 2.05) is 18.2 Å². The van der Waals surface area contributed by atoms with Crippen LogP contribution < -0.4 is 10.1 Å². The molecule has 0 fully saturated rings. The number of aromatic nitrogens is 1. The lowest BCUT2D eigenvalue weighted by Gasteiger charge is -2.08. The van der Waals surface area contributed by atoms with Crippen molar-refractivity contribution in [3.63, 3.8) is 0 Å². The van der Waals surface area contributed by atoms with E-state index in [2.05, 4.69) is 41.5 Å². The summed E-state index contributed by atoms with van der Waals surface area (Å²) in [6, 6.07) is 14.4. The fourth-order valence-corrected chi connectivity index (χ4v) is 3.34. The van der Waals surface area contributed by atoms with Crippen molar-refractivity contribution in [2.24, 2.45) is 0 Å². The number of anilines is 1. The number of rotatable bonds is 5. The van der Waals surface area contributed by atoms with Gasteiger partial charge in [-0.2, -0.15) is 0 Å². The zero-order chi connectivity index (χ0) is 14.7. The molecule has 1 aromatic heterocycles. The minimum absolute atomic E-state index is 0.846. The van der Waals surface area contributed by atoms with E-state index in [4.69, 9.17) is 4.74 Å². The van der Waals surface area contributed by atoms with Gasteiger partial charge in [-0.25, -0.2) is 4.98 Å². The van der Waals surface area contributed by atoms with Gasteiger partial charge in [0.2, 0.25) is 0 Å². The second-order valence-electron chi connectivity index (χ2n) is 4.93. The molecule has 0 aliphatic heterocycles. The molecule has 0 radical (unpaired) electrons. The Balaban J connectivity index is 1.68. The van der Waals surface area contributed by atoms with Gasteiger partial charge in [-0.05, 0) is 36.6 Å². The molecule has 0 aliphatic rings. The van der Waals surface area contributed by atoms with E-state index in [-0.39, 0.29) is 0 Å². The van der Waals surface area contributed by atoms with Crippen LogP contribution in [0.25, 0.3) is 10.2 Å². The number of fused-ring (bicyclic) bond motifs is 1. The van der Waals surface area contributed by atoms with Crippen molar-refractivity contribution in [3.8, 4) is 5.75 Å². The van der Waals surface area contributed by atoms with Gasteiger partial charge in [-0.1, -0.05) is 41.7 Å². The second-order valence-corrected chi connectivity index (χ2v) is 5.96. The molecular weight excluding hydrogens is 280 g/mol. The van der Waals surface area contributed by atoms with Gasteiger partial charge in [0.25, 0.3) is 0 Å². The first kappa shape index (κ1) is 13.9. The van der Waals surface area contributed by atoms with E-state index in [1.54, 1.807) is 18.4 Å². The maximum absolute atomic E-state index is 5.37. The van der Waals surface area contributed by atoms with Gasteiger partial charge in [0.1, 0.15) is 5.75 Å². The van der Waals surface area contributed by atoms with E-state index in [0.717, 1.165) is 29.4 Å². The number of hydrogen-bond donors (Lipinski definition) is 1. The van der Waals surface area contributed by atoms with Crippen molar-refractivity contribution >= 4 is 26.7 Å². The van der Waals surface area contributed by atoms with Crippen LogP contribution in [-0.4, -0.2) is 18.6 Å². The molecule has 0 atom stereocenters. The van der Waals surface area contributed by atoms with Crippen LogP contribution in [0.4, 0.5) is 5.13 Å². The Labute approximate surface area is 128 Å². The van der Waals surface area contributed by atoms with Crippen molar-refractivity contribution in [1.29, 1.82) is 0 Å². The van der Waals surface area contributed by atoms with Gasteiger partial charge in [0.05, 0.1) is 17.3 Å². The van der Waals surface area contributed by atoms with Crippen molar-refractivity contribution in [1.82, 2.24) is 4.98 Å². The number of ether oxygens (including phenoxy) is 1. The third-order valence-electron chi connectivity index (χ3n) is 3.48. The molecule has 3 aromatic rings. The topological polar surface area (TPSA) is 34.1 Å². The molecule has 0 saturated carbocycles. The van der Waals surface area contributed by atoms with Crippen LogP contribution in [0.3, 0.4) is 0 Å². The summed E-state index contributed by atoms with van der Waals surface area (Å²) in [7, 11) is 1.71. The average molecular weight is 298 g/mol. The maximum Gasteiger partial charge on any atom is 0.183 e. The van der Waals surface area contributed by atoms with Crippen LogP contribution in [0.5, 0.6) is 5.75 Å². The summed E-state index contributed by atoms with van der Waals surface area (Å²) in [6.07, 6.45) is 0.916. The average Bonchev–Trinajstić information content (AvgIpc) is 2.92. The molecule has 0 amide bonds. The fourth-order valence-electron chi connectivity index (χ4n) is 2.38. The van der Waals surface area contributed by atoms with Crippen LogP contribution in [0.15, 0.2) is 42.5 Å². The monoisotopic (exact) mass is 298 g/mol. The highest BCUT2D eigenvalue weighted by Crippen LogP contribution is 2.28. The summed E-state index contributed by atoms with van der Waals surface area (Å²) in [4.78, 5) is 4.66. The molecule has 3 rings (SSSR count). The Morgan fingerprint density at radius 1 is 1.14 bits per heavy atom. The Morgan fingerprint density at radius 2 is 2.00 bits per heavy atom. The highest BCUT2D eigenvalue weighted by Gasteiger charge is 2.06. The third kappa shape index (κ3) is 3.00. The third-order valence-corrected chi connectivity index (χ3v) is 4.46. The minimum Gasteiger partial charge on any atom is -0.496 e. The van der Waals surface area contributed by atoms with E-state index in [9.17, 15) is 0 Å². The van der Waals surface area contributed by atoms with Crippen molar-refractivity contribution in [2.75, 3.05) is 19.0 Å². The molecule has 0 aliphatic carbocycles. The Bertz CT molecular complexity index is 751. The van der Waals surface area contributed by atoms with Gasteiger partial charge in [-0.15, -0.1) is 0 Å². The summed E-state index contributed by atoms with van der Waals surface area (Å²) < 4.78 is 6.60. The van der Waals surface area contributed by atoms with Gasteiger partial charge >= 0.3 is 0 Å². The number of para-hydroxylation sites is 2. The van der Waals surface area contributed by atoms with Crippen molar-refractivity contribution in [3.05, 3.63) is 53.6 Å². The number of nitrogens with one attached hydrogen (secondary N) is 1. The molecule has 108 valence electrons. The Hall–Kier alpha value is -2.07. The standard InChI is InChI=1S/C17H18N2OS/c1-12-6-5-9-15-16(12)19-17(21-15)18-11-10-13-7-3-4-8-14(13)20-2/h3-9H,10-11H2,1-2H3,(H,18,19). The molecule has 0 saturated heterocycles. The number of thiazole rings is 1. The SMILES string of the molecule is COc1ccccc1CCNc1nc2c(C)cccc2s1. The predicted molar refractivity (Wildman–Crippen MR) is 89.5 cm³/mol. The van der Waals surface area contributed by atoms with Gasteiger partial charge < -0.3 is 10.1 Å². The number of nitrogens with zero attached hydrogens (tertiary/aromatic N) is 1. The summed E-state index contributed by atoms with van der Waals surface area (Å²) in [5.74, 6) is 0.944.